The highest BCUT2D eigenvalue weighted by atomic mass is 16.2. The SMILES string of the molecule is C[C@H](CN)N(C)Cc1ccc2c(c1)CN(C1CCC(=O)NC1=O)C2=O. The number of nitrogens with two attached hydrogens (primary N) is 1. The molecule has 0 bridgehead atoms. The molecule has 2 heterocycles. The molecule has 3 rings (SSSR count). The van der Waals surface area contributed by atoms with Gasteiger partial charge in [0, 0.05) is 37.7 Å². The summed E-state index contributed by atoms with van der Waals surface area (Å²) in [5.74, 6) is -0.793. The number of fused-ring (bicyclic) bond motifs is 1. The van der Waals surface area contributed by atoms with Crippen LogP contribution in [0.1, 0.15) is 41.3 Å². The van der Waals surface area contributed by atoms with E-state index >= 15 is 0 Å². The molecule has 1 aromatic carbocycles. The van der Waals surface area contributed by atoms with Crippen molar-refractivity contribution in [2.45, 2.75) is 44.9 Å². The predicted molar refractivity (Wildman–Crippen MR) is 92.5 cm³/mol. The van der Waals surface area contributed by atoms with Crippen molar-refractivity contribution in [1.82, 2.24) is 15.1 Å². The van der Waals surface area contributed by atoms with Gasteiger partial charge < -0.3 is 10.6 Å². The molecule has 0 aromatic heterocycles. The zero-order valence-corrected chi connectivity index (χ0v) is 14.6. The highest BCUT2D eigenvalue weighted by molar-refractivity contribution is 6.05. The lowest BCUT2D eigenvalue weighted by atomic mass is 10.0. The largest absolute Gasteiger partial charge is 0.329 e. The van der Waals surface area contributed by atoms with Crippen molar-refractivity contribution in [2.24, 2.45) is 5.73 Å². The smallest absolute Gasteiger partial charge is 0.255 e. The predicted octanol–water partition coefficient (Wildman–Crippen LogP) is 0.227. The number of nitrogens with zero attached hydrogens (tertiary/aromatic N) is 2. The van der Waals surface area contributed by atoms with E-state index in [1.54, 1.807) is 4.90 Å². The lowest BCUT2D eigenvalue weighted by molar-refractivity contribution is -0.136. The second-order valence-corrected chi connectivity index (χ2v) is 6.89. The standard InChI is InChI=1S/C18H24N4O3/c1-11(8-19)21(2)9-12-3-4-14-13(7-12)10-22(18(14)25)15-5-6-16(23)20-17(15)24/h3-4,7,11,15H,5-6,8-10,19H2,1-2H3,(H,20,23,24)/t11-,15?/m1/s1. The number of imide groups is 1. The first-order valence-corrected chi connectivity index (χ1v) is 8.57. The van der Waals surface area contributed by atoms with Crippen molar-refractivity contribution in [3.8, 4) is 0 Å². The Morgan fingerprint density at radius 1 is 1.36 bits per heavy atom. The van der Waals surface area contributed by atoms with Crippen LogP contribution in [0.25, 0.3) is 0 Å². The van der Waals surface area contributed by atoms with E-state index in [0.29, 0.717) is 25.1 Å². The Balaban J connectivity index is 1.75. The molecule has 7 heteroatoms. The van der Waals surface area contributed by atoms with Crippen LogP contribution in [-0.4, -0.2) is 53.2 Å². The summed E-state index contributed by atoms with van der Waals surface area (Å²) in [6, 6.07) is 5.51. The topological polar surface area (TPSA) is 95.7 Å². The fraction of sp³-hybridized carbons (Fsp3) is 0.500. The Morgan fingerprint density at radius 2 is 2.12 bits per heavy atom. The number of hydrogen-bond donors (Lipinski definition) is 2. The molecule has 7 nitrogen and oxygen atoms in total. The molecular formula is C18H24N4O3. The van der Waals surface area contributed by atoms with Crippen molar-refractivity contribution in [1.29, 1.82) is 0 Å². The summed E-state index contributed by atoms with van der Waals surface area (Å²) < 4.78 is 0. The maximum Gasteiger partial charge on any atom is 0.255 e. The summed E-state index contributed by atoms with van der Waals surface area (Å²) in [5, 5.41) is 2.32. The van der Waals surface area contributed by atoms with Gasteiger partial charge in [0.15, 0.2) is 0 Å². The van der Waals surface area contributed by atoms with Gasteiger partial charge in [-0.05, 0) is 37.6 Å². The molecule has 0 aliphatic carbocycles. The summed E-state index contributed by atoms with van der Waals surface area (Å²) in [7, 11) is 2.02. The molecule has 2 aliphatic heterocycles. The van der Waals surface area contributed by atoms with E-state index in [-0.39, 0.29) is 30.2 Å². The number of carbonyl (C=O) groups is 3. The van der Waals surface area contributed by atoms with Gasteiger partial charge in [0.25, 0.3) is 5.91 Å². The van der Waals surface area contributed by atoms with E-state index in [2.05, 4.69) is 17.1 Å². The van der Waals surface area contributed by atoms with Crippen LogP contribution in [0.15, 0.2) is 18.2 Å². The summed E-state index contributed by atoms with van der Waals surface area (Å²) in [6.07, 6.45) is 0.650. The molecule has 134 valence electrons. The van der Waals surface area contributed by atoms with Gasteiger partial charge in [-0.3, -0.25) is 24.6 Å². The van der Waals surface area contributed by atoms with E-state index in [4.69, 9.17) is 5.73 Å². The first kappa shape index (κ1) is 17.6. The van der Waals surface area contributed by atoms with Crippen LogP contribution in [0.5, 0.6) is 0 Å². The lowest BCUT2D eigenvalue weighted by Gasteiger charge is -2.29. The number of piperidine rings is 1. The van der Waals surface area contributed by atoms with Gasteiger partial charge in [-0.2, -0.15) is 0 Å². The molecule has 0 radical (unpaired) electrons. The second kappa shape index (κ2) is 6.93. The highest BCUT2D eigenvalue weighted by Crippen LogP contribution is 2.28. The van der Waals surface area contributed by atoms with Crippen LogP contribution >= 0.6 is 0 Å². The molecule has 2 atom stereocenters. The Morgan fingerprint density at radius 3 is 2.80 bits per heavy atom. The van der Waals surface area contributed by atoms with E-state index < -0.39 is 6.04 Å². The van der Waals surface area contributed by atoms with Crippen LogP contribution in [0, 0.1) is 0 Å². The van der Waals surface area contributed by atoms with Crippen LogP contribution in [0.4, 0.5) is 0 Å². The minimum Gasteiger partial charge on any atom is -0.329 e. The van der Waals surface area contributed by atoms with Crippen LogP contribution in [-0.2, 0) is 22.7 Å². The number of carbonyl (C=O) groups excluding carboxylic acids is 3. The van der Waals surface area contributed by atoms with Gasteiger partial charge in [-0.25, -0.2) is 0 Å². The molecule has 2 aliphatic rings. The van der Waals surface area contributed by atoms with Gasteiger partial charge in [0.1, 0.15) is 6.04 Å². The van der Waals surface area contributed by atoms with Crippen LogP contribution in [0.2, 0.25) is 0 Å². The molecule has 3 N–H and O–H groups in total. The molecule has 0 spiro atoms. The van der Waals surface area contributed by atoms with E-state index in [1.165, 1.54) is 0 Å². The third-order valence-electron chi connectivity index (χ3n) is 5.11. The van der Waals surface area contributed by atoms with Gasteiger partial charge >= 0.3 is 0 Å². The third kappa shape index (κ3) is 3.43. The van der Waals surface area contributed by atoms with Crippen molar-refractivity contribution >= 4 is 17.7 Å². The van der Waals surface area contributed by atoms with Crippen molar-refractivity contribution in [3.05, 3.63) is 34.9 Å². The summed E-state index contributed by atoms with van der Waals surface area (Å²) in [6.45, 7) is 3.81. The van der Waals surface area contributed by atoms with Crippen LogP contribution in [0.3, 0.4) is 0 Å². The Labute approximate surface area is 147 Å². The van der Waals surface area contributed by atoms with Crippen molar-refractivity contribution in [3.63, 3.8) is 0 Å². The summed E-state index contributed by atoms with van der Waals surface area (Å²) in [5.41, 5.74) is 8.39. The number of rotatable bonds is 5. The quantitative estimate of drug-likeness (QED) is 0.746. The zero-order chi connectivity index (χ0) is 18.1. The Bertz CT molecular complexity index is 718. The third-order valence-corrected chi connectivity index (χ3v) is 5.11. The maximum atomic E-state index is 12.6. The lowest BCUT2D eigenvalue weighted by Crippen LogP contribution is -2.52. The summed E-state index contributed by atoms with van der Waals surface area (Å²) in [4.78, 5) is 39.8. The number of hydrogen-bond acceptors (Lipinski definition) is 5. The minimum absolute atomic E-state index is 0.139. The fourth-order valence-electron chi connectivity index (χ4n) is 3.35. The summed E-state index contributed by atoms with van der Waals surface area (Å²) >= 11 is 0. The van der Waals surface area contributed by atoms with Gasteiger partial charge in [-0.1, -0.05) is 12.1 Å². The fourth-order valence-corrected chi connectivity index (χ4v) is 3.35. The normalized spacial score (nSPS) is 21.5. The number of nitrogens with one attached hydrogen (secondary N) is 1. The molecule has 1 aromatic rings. The molecule has 1 unspecified atom stereocenters. The van der Waals surface area contributed by atoms with Crippen molar-refractivity contribution < 1.29 is 14.4 Å². The Hall–Kier alpha value is -2.25. The monoisotopic (exact) mass is 344 g/mol. The van der Waals surface area contributed by atoms with Gasteiger partial charge in [0.05, 0.1) is 0 Å². The van der Waals surface area contributed by atoms with Gasteiger partial charge in [-0.15, -0.1) is 0 Å². The van der Waals surface area contributed by atoms with Gasteiger partial charge in [0.2, 0.25) is 11.8 Å². The molecule has 1 fully saturated rings. The minimum atomic E-state index is -0.569. The highest BCUT2D eigenvalue weighted by Gasteiger charge is 2.39. The molecule has 25 heavy (non-hydrogen) atoms. The Kier molecular flexibility index (Phi) is 4.87. The maximum absolute atomic E-state index is 12.6. The molecule has 1 saturated heterocycles. The van der Waals surface area contributed by atoms with Crippen LogP contribution < -0.4 is 11.1 Å². The zero-order valence-electron chi connectivity index (χ0n) is 14.6. The van der Waals surface area contributed by atoms with Crippen molar-refractivity contribution in [2.75, 3.05) is 13.6 Å². The molecule has 0 saturated carbocycles. The first-order valence-electron chi connectivity index (χ1n) is 8.57. The van der Waals surface area contributed by atoms with E-state index in [9.17, 15) is 14.4 Å². The number of benzene rings is 1. The second-order valence-electron chi connectivity index (χ2n) is 6.89. The average molecular weight is 344 g/mol. The number of amides is 3. The first-order chi connectivity index (χ1) is 11.9. The van der Waals surface area contributed by atoms with E-state index in [1.807, 2.05) is 25.2 Å². The van der Waals surface area contributed by atoms with E-state index in [0.717, 1.165) is 17.7 Å². The molecule has 3 amide bonds. The molecular weight excluding hydrogens is 320 g/mol. The number of likely N-dealkylation sites (N-methyl/N-ethyl adjacent to an activating group) is 1. The average Bonchev–Trinajstić information content (AvgIpc) is 2.90.